The van der Waals surface area contributed by atoms with E-state index in [4.69, 9.17) is 10.5 Å². The molecule has 2 aromatic rings. The maximum atomic E-state index is 12.4. The van der Waals surface area contributed by atoms with E-state index in [1.807, 2.05) is 0 Å². The number of halogens is 2. The normalized spacial score (nSPS) is 11.2. The number of benzene rings is 2. The molecule has 0 aromatic heterocycles. The molecule has 5 nitrogen and oxygen atoms in total. The number of anilines is 2. The molecule has 0 bridgehead atoms. The van der Waals surface area contributed by atoms with Gasteiger partial charge < -0.3 is 10.5 Å². The lowest BCUT2D eigenvalue weighted by Crippen LogP contribution is -2.14. The Morgan fingerprint density at radius 3 is 2.48 bits per heavy atom. The summed E-state index contributed by atoms with van der Waals surface area (Å²) in [5, 5.41) is 0. The average molecular weight is 436 g/mol. The highest BCUT2D eigenvalue weighted by molar-refractivity contribution is 9.10. The molecule has 0 atom stereocenters. The molecule has 112 valence electrons. The number of sulfonamides is 1. The van der Waals surface area contributed by atoms with Crippen LogP contribution in [0.25, 0.3) is 0 Å². The quantitative estimate of drug-likeness (QED) is 0.718. The molecule has 0 heterocycles. The lowest BCUT2D eigenvalue weighted by molar-refractivity contribution is 0.417. The van der Waals surface area contributed by atoms with Crippen molar-refractivity contribution in [3.8, 4) is 5.75 Å². The second kappa shape index (κ2) is 6.25. The van der Waals surface area contributed by atoms with Crippen LogP contribution in [0.15, 0.2) is 50.2 Å². The summed E-state index contributed by atoms with van der Waals surface area (Å²) in [6.45, 7) is 0. The molecule has 0 saturated carbocycles. The lowest BCUT2D eigenvalue weighted by atomic mass is 10.3. The number of nitrogens with two attached hydrogens (primary N) is 1. The molecule has 0 fully saturated rings. The topological polar surface area (TPSA) is 81.4 Å². The number of hydrogen-bond donors (Lipinski definition) is 2. The van der Waals surface area contributed by atoms with E-state index >= 15 is 0 Å². The average Bonchev–Trinajstić information content (AvgIpc) is 2.41. The molecule has 21 heavy (non-hydrogen) atoms. The smallest absolute Gasteiger partial charge is 0.262 e. The molecule has 0 aliphatic heterocycles. The number of rotatable bonds is 4. The summed E-state index contributed by atoms with van der Waals surface area (Å²) in [5.74, 6) is 0.423. The van der Waals surface area contributed by atoms with Gasteiger partial charge in [-0.2, -0.15) is 0 Å². The van der Waals surface area contributed by atoms with Gasteiger partial charge in [0, 0.05) is 14.6 Å². The largest absolute Gasteiger partial charge is 0.495 e. The van der Waals surface area contributed by atoms with Crippen molar-refractivity contribution < 1.29 is 13.2 Å². The van der Waals surface area contributed by atoms with Crippen LogP contribution in [0, 0.1) is 0 Å². The van der Waals surface area contributed by atoms with Crippen molar-refractivity contribution in [3.63, 3.8) is 0 Å². The van der Waals surface area contributed by atoms with E-state index in [1.54, 1.807) is 24.3 Å². The van der Waals surface area contributed by atoms with Crippen LogP contribution in [-0.4, -0.2) is 15.5 Å². The lowest BCUT2D eigenvalue weighted by Gasteiger charge is -2.12. The van der Waals surface area contributed by atoms with Crippen LogP contribution in [0.3, 0.4) is 0 Å². The Balaban J connectivity index is 2.41. The van der Waals surface area contributed by atoms with E-state index in [0.29, 0.717) is 21.6 Å². The first-order valence-corrected chi connectivity index (χ1v) is 8.82. The fourth-order valence-corrected chi connectivity index (χ4v) is 3.36. The van der Waals surface area contributed by atoms with E-state index in [9.17, 15) is 8.42 Å². The van der Waals surface area contributed by atoms with E-state index in [-0.39, 0.29) is 4.90 Å². The Bertz CT molecular complexity index is 779. The highest BCUT2D eigenvalue weighted by Crippen LogP contribution is 2.31. The molecule has 0 saturated heterocycles. The van der Waals surface area contributed by atoms with Crippen molar-refractivity contribution in [1.29, 1.82) is 0 Å². The molecule has 0 aliphatic rings. The predicted octanol–water partition coefficient (Wildman–Crippen LogP) is 3.60. The first kappa shape index (κ1) is 16.1. The summed E-state index contributed by atoms with van der Waals surface area (Å²) in [6.07, 6.45) is 0. The molecule has 2 rings (SSSR count). The van der Waals surface area contributed by atoms with Gasteiger partial charge in [0.25, 0.3) is 10.0 Å². The van der Waals surface area contributed by atoms with Gasteiger partial charge in [-0.05, 0) is 52.3 Å². The van der Waals surface area contributed by atoms with Gasteiger partial charge >= 0.3 is 0 Å². The van der Waals surface area contributed by atoms with Crippen LogP contribution >= 0.6 is 31.9 Å². The number of nitrogens with one attached hydrogen (secondary N) is 1. The molecular weight excluding hydrogens is 424 g/mol. The Labute approximate surface area is 139 Å². The van der Waals surface area contributed by atoms with Gasteiger partial charge in [0.05, 0.1) is 17.7 Å². The van der Waals surface area contributed by atoms with Crippen LogP contribution in [0.1, 0.15) is 0 Å². The highest BCUT2D eigenvalue weighted by atomic mass is 79.9. The Kier molecular flexibility index (Phi) is 4.80. The van der Waals surface area contributed by atoms with Gasteiger partial charge in [0.1, 0.15) is 5.75 Å². The minimum absolute atomic E-state index is 0.0743. The summed E-state index contributed by atoms with van der Waals surface area (Å²) in [6, 6.07) is 9.48. The third-order valence-corrected chi connectivity index (χ3v) is 5.26. The fourth-order valence-electron chi connectivity index (χ4n) is 1.65. The van der Waals surface area contributed by atoms with Gasteiger partial charge in [-0.1, -0.05) is 15.9 Å². The SMILES string of the molecule is COc1ccc(Br)cc1NS(=O)(=O)c1ccc(Br)c(N)c1. The number of methoxy groups -OCH3 is 1. The van der Waals surface area contributed by atoms with Crippen LogP contribution in [0.2, 0.25) is 0 Å². The minimum atomic E-state index is -3.75. The highest BCUT2D eigenvalue weighted by Gasteiger charge is 2.17. The van der Waals surface area contributed by atoms with Crippen LogP contribution in [0.5, 0.6) is 5.75 Å². The Morgan fingerprint density at radius 2 is 1.86 bits per heavy atom. The third kappa shape index (κ3) is 3.69. The van der Waals surface area contributed by atoms with Gasteiger partial charge in [-0.25, -0.2) is 8.42 Å². The second-order valence-corrected chi connectivity index (χ2v) is 7.59. The Morgan fingerprint density at radius 1 is 1.14 bits per heavy atom. The predicted molar refractivity (Wildman–Crippen MR) is 90.1 cm³/mol. The minimum Gasteiger partial charge on any atom is -0.495 e. The van der Waals surface area contributed by atoms with Crippen molar-refractivity contribution in [2.75, 3.05) is 17.6 Å². The summed E-state index contributed by atoms with van der Waals surface area (Å²) in [5.41, 5.74) is 6.41. The van der Waals surface area contributed by atoms with Crippen molar-refractivity contribution in [2.45, 2.75) is 4.90 Å². The Hall–Kier alpha value is -1.25. The molecule has 0 amide bonds. The number of ether oxygens (including phenoxy) is 1. The molecule has 2 aromatic carbocycles. The van der Waals surface area contributed by atoms with Crippen LogP contribution in [0.4, 0.5) is 11.4 Å². The maximum Gasteiger partial charge on any atom is 0.262 e. The van der Waals surface area contributed by atoms with Crippen LogP contribution in [-0.2, 0) is 10.0 Å². The number of hydrogen-bond acceptors (Lipinski definition) is 4. The fraction of sp³-hybridized carbons (Fsp3) is 0.0769. The van der Waals surface area contributed by atoms with E-state index < -0.39 is 10.0 Å². The molecule has 0 spiro atoms. The summed E-state index contributed by atoms with van der Waals surface area (Å²) < 4.78 is 33.8. The standard InChI is InChI=1S/C13H12Br2N2O3S/c1-20-13-5-2-8(14)6-12(13)17-21(18,19)9-3-4-10(15)11(16)7-9/h2-7,17H,16H2,1H3. The molecular formula is C13H12Br2N2O3S. The van der Waals surface area contributed by atoms with E-state index in [1.165, 1.54) is 19.2 Å². The molecule has 0 aliphatic carbocycles. The van der Waals surface area contributed by atoms with Crippen molar-refractivity contribution in [2.24, 2.45) is 0 Å². The van der Waals surface area contributed by atoms with E-state index in [0.717, 1.165) is 4.47 Å². The van der Waals surface area contributed by atoms with Crippen molar-refractivity contribution in [3.05, 3.63) is 45.3 Å². The maximum absolute atomic E-state index is 12.4. The molecule has 0 radical (unpaired) electrons. The summed E-state index contributed by atoms with van der Waals surface area (Å²) in [7, 11) is -2.28. The van der Waals surface area contributed by atoms with Crippen molar-refractivity contribution >= 4 is 53.3 Å². The molecule has 3 N–H and O–H groups in total. The van der Waals surface area contributed by atoms with Gasteiger partial charge in [-0.15, -0.1) is 0 Å². The zero-order chi connectivity index (χ0) is 15.6. The van der Waals surface area contributed by atoms with Crippen LogP contribution < -0.4 is 15.2 Å². The molecule has 8 heteroatoms. The first-order chi connectivity index (χ1) is 9.83. The van der Waals surface area contributed by atoms with Gasteiger partial charge in [0.2, 0.25) is 0 Å². The third-order valence-electron chi connectivity index (χ3n) is 2.68. The summed E-state index contributed by atoms with van der Waals surface area (Å²) in [4.78, 5) is 0.0743. The number of nitrogen functional groups attached to an aromatic ring is 1. The second-order valence-electron chi connectivity index (χ2n) is 4.13. The zero-order valence-corrected chi connectivity index (χ0v) is 14.9. The monoisotopic (exact) mass is 434 g/mol. The summed E-state index contributed by atoms with van der Waals surface area (Å²) >= 11 is 6.52. The van der Waals surface area contributed by atoms with E-state index in [2.05, 4.69) is 36.6 Å². The van der Waals surface area contributed by atoms with Crippen molar-refractivity contribution in [1.82, 2.24) is 0 Å². The van der Waals surface area contributed by atoms with Gasteiger partial charge in [-0.3, -0.25) is 4.72 Å². The molecule has 0 unspecified atom stereocenters. The zero-order valence-electron chi connectivity index (χ0n) is 10.9. The first-order valence-electron chi connectivity index (χ1n) is 5.75. The van der Waals surface area contributed by atoms with Gasteiger partial charge in [0.15, 0.2) is 0 Å².